The molecule has 4 amide bonds. The Morgan fingerprint density at radius 2 is 1.88 bits per heavy atom. The normalized spacial score (nSPS) is 29.5. The zero-order chi connectivity index (χ0) is 18.7. The highest BCUT2D eigenvalue weighted by atomic mass is 32.3. The number of hydrogen-bond acceptors (Lipinski definition) is 7. The van der Waals surface area contributed by atoms with E-state index in [0.29, 0.717) is 37.4 Å². The number of fused-ring (bicyclic) bond motifs is 3. The molecule has 0 aromatic rings. The van der Waals surface area contributed by atoms with Crippen LogP contribution in [-0.2, 0) is 24.3 Å². The molecule has 4 aliphatic rings. The summed E-state index contributed by atoms with van der Waals surface area (Å²) < 4.78 is 35.4. The molecule has 3 aliphatic heterocycles. The number of hydroxylamine groups is 2. The van der Waals surface area contributed by atoms with Crippen LogP contribution in [0.4, 0.5) is 4.79 Å². The zero-order valence-electron chi connectivity index (χ0n) is 13.7. The van der Waals surface area contributed by atoms with Crippen LogP contribution in [0.1, 0.15) is 19.3 Å². The van der Waals surface area contributed by atoms with Crippen molar-refractivity contribution in [3.05, 3.63) is 0 Å². The molecule has 0 aromatic carbocycles. The van der Waals surface area contributed by atoms with Crippen molar-refractivity contribution in [1.82, 2.24) is 26.1 Å². The van der Waals surface area contributed by atoms with Crippen LogP contribution in [0.25, 0.3) is 0 Å². The highest BCUT2D eigenvalue weighted by molar-refractivity contribution is 7.80. The van der Waals surface area contributed by atoms with Gasteiger partial charge in [-0.3, -0.25) is 25.0 Å². The molecular formula is C13H19N5O7S. The minimum atomic E-state index is -4.85. The Labute approximate surface area is 149 Å². The summed E-state index contributed by atoms with van der Waals surface area (Å²) in [4.78, 5) is 38.0. The first-order valence-corrected chi connectivity index (χ1v) is 9.64. The number of carbonyl (C=O) groups excluding carboxylic acids is 3. The first-order chi connectivity index (χ1) is 12.2. The molecule has 3 saturated heterocycles. The van der Waals surface area contributed by atoms with Gasteiger partial charge in [0.2, 0.25) is 5.91 Å². The molecule has 4 rings (SSSR count). The van der Waals surface area contributed by atoms with Crippen molar-refractivity contribution in [1.29, 1.82) is 0 Å². The molecule has 0 radical (unpaired) electrons. The van der Waals surface area contributed by atoms with Gasteiger partial charge in [-0.1, -0.05) is 0 Å². The Balaban J connectivity index is 1.46. The predicted octanol–water partition coefficient (Wildman–Crippen LogP) is -2.25. The van der Waals surface area contributed by atoms with Crippen LogP contribution in [0.15, 0.2) is 0 Å². The summed E-state index contributed by atoms with van der Waals surface area (Å²) in [7, 11) is -4.85. The van der Waals surface area contributed by atoms with Gasteiger partial charge in [0.05, 0.1) is 12.0 Å². The molecule has 1 spiro atoms. The quantitative estimate of drug-likeness (QED) is 0.310. The van der Waals surface area contributed by atoms with E-state index in [4.69, 9.17) is 4.55 Å². The number of hydrazine groups is 1. The van der Waals surface area contributed by atoms with Crippen LogP contribution < -0.4 is 16.2 Å². The minimum Gasteiger partial charge on any atom is -0.315 e. The van der Waals surface area contributed by atoms with Crippen LogP contribution in [0, 0.1) is 11.3 Å². The van der Waals surface area contributed by atoms with Gasteiger partial charge in [-0.15, -0.1) is 4.28 Å². The molecule has 1 aliphatic carbocycles. The summed E-state index contributed by atoms with van der Waals surface area (Å²) in [5, 5.41) is 3.59. The lowest BCUT2D eigenvalue weighted by Gasteiger charge is -2.35. The van der Waals surface area contributed by atoms with Gasteiger partial charge in [-0.05, 0) is 24.7 Å². The van der Waals surface area contributed by atoms with Crippen molar-refractivity contribution in [3.8, 4) is 0 Å². The summed E-state index contributed by atoms with van der Waals surface area (Å²) in [5.41, 5.74) is 4.28. The molecule has 1 saturated carbocycles. The first-order valence-electron chi connectivity index (χ1n) is 8.27. The van der Waals surface area contributed by atoms with Crippen molar-refractivity contribution in [2.24, 2.45) is 11.3 Å². The molecule has 3 heterocycles. The molecule has 144 valence electrons. The Bertz CT molecular complexity index is 763. The van der Waals surface area contributed by atoms with Gasteiger partial charge in [-0.2, -0.15) is 13.5 Å². The van der Waals surface area contributed by atoms with Crippen LogP contribution in [0.5, 0.6) is 0 Å². The molecule has 4 fully saturated rings. The average molecular weight is 389 g/mol. The van der Waals surface area contributed by atoms with Gasteiger partial charge in [0.25, 0.3) is 5.91 Å². The van der Waals surface area contributed by atoms with E-state index in [2.05, 4.69) is 20.5 Å². The van der Waals surface area contributed by atoms with Crippen molar-refractivity contribution < 1.29 is 31.6 Å². The van der Waals surface area contributed by atoms with E-state index >= 15 is 0 Å². The topological polar surface area (TPSA) is 157 Å². The van der Waals surface area contributed by atoms with E-state index in [0.717, 1.165) is 0 Å². The van der Waals surface area contributed by atoms with E-state index in [9.17, 15) is 22.8 Å². The number of nitrogens with one attached hydrogen (secondary N) is 3. The van der Waals surface area contributed by atoms with Gasteiger partial charge >= 0.3 is 16.4 Å². The third-order valence-electron chi connectivity index (χ3n) is 5.60. The van der Waals surface area contributed by atoms with Gasteiger partial charge in [0.15, 0.2) is 0 Å². The maximum absolute atomic E-state index is 12.5. The van der Waals surface area contributed by atoms with Crippen molar-refractivity contribution in [3.63, 3.8) is 0 Å². The van der Waals surface area contributed by atoms with E-state index in [1.54, 1.807) is 0 Å². The average Bonchev–Trinajstić information content (AvgIpc) is 3.21. The Hall–Kier alpha value is -1.96. The van der Waals surface area contributed by atoms with Crippen LogP contribution in [0.3, 0.4) is 0 Å². The number of hydrogen-bond donors (Lipinski definition) is 4. The van der Waals surface area contributed by atoms with Gasteiger partial charge < -0.3 is 10.2 Å². The van der Waals surface area contributed by atoms with Crippen molar-refractivity contribution >= 4 is 28.2 Å². The summed E-state index contributed by atoms with van der Waals surface area (Å²) in [6.07, 6.45) is 1.77. The maximum atomic E-state index is 12.5. The van der Waals surface area contributed by atoms with Gasteiger partial charge in [0, 0.05) is 19.6 Å². The van der Waals surface area contributed by atoms with E-state index in [1.807, 2.05) is 0 Å². The predicted molar refractivity (Wildman–Crippen MR) is 83.1 cm³/mol. The van der Waals surface area contributed by atoms with Crippen LogP contribution in [0.2, 0.25) is 0 Å². The minimum absolute atomic E-state index is 0.118. The number of rotatable bonds is 4. The van der Waals surface area contributed by atoms with Gasteiger partial charge in [-0.25, -0.2) is 4.79 Å². The van der Waals surface area contributed by atoms with Crippen molar-refractivity contribution in [2.45, 2.75) is 31.3 Å². The second kappa shape index (κ2) is 5.77. The third kappa shape index (κ3) is 2.90. The lowest BCUT2D eigenvalue weighted by molar-refractivity contribution is -0.134. The fourth-order valence-corrected chi connectivity index (χ4v) is 4.20. The molecule has 0 aromatic heterocycles. The maximum Gasteiger partial charge on any atom is 0.418 e. The summed E-state index contributed by atoms with van der Waals surface area (Å²) in [5.74, 6) is -1.05. The van der Waals surface area contributed by atoms with Gasteiger partial charge in [0.1, 0.15) is 6.04 Å². The van der Waals surface area contributed by atoms with Crippen LogP contribution >= 0.6 is 0 Å². The first kappa shape index (κ1) is 17.5. The molecule has 26 heavy (non-hydrogen) atoms. The summed E-state index contributed by atoms with van der Waals surface area (Å²) >= 11 is 0. The molecule has 2 atom stereocenters. The summed E-state index contributed by atoms with van der Waals surface area (Å²) in [6, 6.07) is -2.20. The summed E-state index contributed by atoms with van der Waals surface area (Å²) in [6.45, 7) is 1.21. The number of urea groups is 1. The zero-order valence-corrected chi connectivity index (χ0v) is 14.5. The third-order valence-corrected chi connectivity index (χ3v) is 5.95. The van der Waals surface area contributed by atoms with Crippen LogP contribution in [-0.4, -0.2) is 72.5 Å². The highest BCUT2D eigenvalue weighted by Crippen LogP contribution is 2.59. The standard InChI is InChI=1S/C13H19N5O7S/c19-10(7-4-14-5-7)15-16-11(20)8-3-13(1-2-13)9-6-17(8)12(21)18(9)25-26(22,23)24/h7-9,14H,1-6H2,(H,15,19)(H,16,20)(H,22,23,24)/t8-,9?/m0/s1. The SMILES string of the molecule is O=C(NNC(=O)[C@@H]1CC2(CC2)C2CN1C(=O)N2OS(=O)(=O)O)C1CNC1. The lowest BCUT2D eigenvalue weighted by atomic mass is 9.85. The fourth-order valence-electron chi connectivity index (χ4n) is 3.83. The molecule has 13 heteroatoms. The second-order valence-electron chi connectivity index (χ2n) is 7.19. The van der Waals surface area contributed by atoms with E-state index in [-0.39, 0.29) is 18.4 Å². The Kier molecular flexibility index (Phi) is 3.87. The van der Waals surface area contributed by atoms with E-state index in [1.165, 1.54) is 4.90 Å². The van der Waals surface area contributed by atoms with E-state index < -0.39 is 39.8 Å². The lowest BCUT2D eigenvalue weighted by Crippen LogP contribution is -2.59. The monoisotopic (exact) mass is 389 g/mol. The number of nitrogens with zero attached hydrogens (tertiary/aromatic N) is 2. The Morgan fingerprint density at radius 3 is 2.42 bits per heavy atom. The number of piperidine rings is 1. The molecule has 1 unspecified atom stereocenters. The highest BCUT2D eigenvalue weighted by Gasteiger charge is 2.65. The fraction of sp³-hybridized carbons (Fsp3) is 0.769. The molecule has 12 nitrogen and oxygen atoms in total. The van der Waals surface area contributed by atoms with Crippen molar-refractivity contribution in [2.75, 3.05) is 19.6 Å². The number of carbonyl (C=O) groups is 3. The molecule has 2 bridgehead atoms. The smallest absolute Gasteiger partial charge is 0.315 e. The largest absolute Gasteiger partial charge is 0.418 e. The second-order valence-corrected chi connectivity index (χ2v) is 8.20. The number of amides is 4. The molecular weight excluding hydrogens is 370 g/mol. The Morgan fingerprint density at radius 1 is 1.23 bits per heavy atom. The molecule has 4 N–H and O–H groups in total.